The second-order valence-corrected chi connectivity index (χ2v) is 4.56. The molecule has 15 heavy (non-hydrogen) atoms. The predicted molar refractivity (Wildman–Crippen MR) is 57.4 cm³/mol. The minimum atomic E-state index is -0.406. The van der Waals surface area contributed by atoms with Gasteiger partial charge < -0.3 is 4.74 Å². The number of rotatable bonds is 3. The molecule has 0 aliphatic rings. The zero-order chi connectivity index (χ0) is 11.5. The summed E-state index contributed by atoms with van der Waals surface area (Å²) in [5, 5.41) is 4.19. The number of carbonyl (C=O) groups excluding carboxylic acids is 1. The van der Waals surface area contributed by atoms with Crippen molar-refractivity contribution in [2.24, 2.45) is 0 Å². The molecule has 4 heteroatoms. The molecule has 0 saturated carbocycles. The summed E-state index contributed by atoms with van der Waals surface area (Å²) in [5.41, 5.74) is 0.552. The highest BCUT2D eigenvalue weighted by atomic mass is 16.6. The molecule has 4 nitrogen and oxygen atoms in total. The van der Waals surface area contributed by atoms with Crippen LogP contribution >= 0.6 is 0 Å². The molecule has 0 unspecified atom stereocenters. The highest BCUT2D eigenvalue weighted by Crippen LogP contribution is 2.08. The molecule has 0 amide bonds. The van der Waals surface area contributed by atoms with E-state index in [0.717, 1.165) is 5.69 Å². The van der Waals surface area contributed by atoms with Crippen molar-refractivity contribution in [1.82, 2.24) is 9.78 Å². The molecule has 0 atom stereocenters. The van der Waals surface area contributed by atoms with Gasteiger partial charge in [0.2, 0.25) is 0 Å². The molecule has 1 aromatic heterocycles. The highest BCUT2D eigenvalue weighted by molar-refractivity contribution is 5.69. The highest BCUT2D eigenvalue weighted by Gasteiger charge is 2.15. The average molecular weight is 210 g/mol. The Kier molecular flexibility index (Phi) is 3.50. The van der Waals surface area contributed by atoms with Crippen LogP contribution in [0.1, 0.15) is 32.9 Å². The first-order chi connectivity index (χ1) is 6.87. The molecule has 0 fully saturated rings. The van der Waals surface area contributed by atoms with E-state index in [4.69, 9.17) is 4.74 Å². The van der Waals surface area contributed by atoms with Crippen molar-refractivity contribution in [1.29, 1.82) is 0 Å². The van der Waals surface area contributed by atoms with Crippen molar-refractivity contribution in [2.75, 3.05) is 0 Å². The van der Waals surface area contributed by atoms with Crippen LogP contribution in [0.3, 0.4) is 0 Å². The van der Waals surface area contributed by atoms with Gasteiger partial charge in [0.15, 0.2) is 0 Å². The summed E-state index contributed by atoms with van der Waals surface area (Å²) >= 11 is 0. The zero-order valence-electron chi connectivity index (χ0n) is 9.78. The number of esters is 1. The lowest BCUT2D eigenvalue weighted by atomic mass is 10.2. The SMILES string of the molecule is Cc1ccn(CCC(=O)OC(C)(C)C)n1. The molecule has 0 saturated heterocycles. The standard InChI is InChI=1S/C11H18N2O2/c1-9-5-7-13(12-9)8-6-10(14)15-11(2,3)4/h5,7H,6,8H2,1-4H3. The van der Waals surface area contributed by atoms with Crippen molar-refractivity contribution >= 4 is 5.97 Å². The third-order valence-electron chi connectivity index (χ3n) is 1.74. The van der Waals surface area contributed by atoms with Crippen LogP contribution in [0.2, 0.25) is 0 Å². The van der Waals surface area contributed by atoms with Gasteiger partial charge in [0, 0.05) is 6.20 Å². The third-order valence-corrected chi connectivity index (χ3v) is 1.74. The maximum absolute atomic E-state index is 11.4. The molecule has 0 aliphatic heterocycles. The fraction of sp³-hybridized carbons (Fsp3) is 0.636. The van der Waals surface area contributed by atoms with Crippen molar-refractivity contribution < 1.29 is 9.53 Å². The molecule has 0 aliphatic carbocycles. The van der Waals surface area contributed by atoms with Gasteiger partial charge in [-0.05, 0) is 33.8 Å². The first-order valence-corrected chi connectivity index (χ1v) is 5.09. The smallest absolute Gasteiger partial charge is 0.308 e. The predicted octanol–water partition coefficient (Wildman–Crippen LogP) is 1.92. The van der Waals surface area contributed by atoms with E-state index in [-0.39, 0.29) is 5.97 Å². The van der Waals surface area contributed by atoms with Crippen LogP contribution in [0, 0.1) is 6.92 Å². The molecule has 0 N–H and O–H groups in total. The molecular formula is C11H18N2O2. The minimum absolute atomic E-state index is 0.185. The van der Waals surface area contributed by atoms with Crippen LogP contribution < -0.4 is 0 Å². The van der Waals surface area contributed by atoms with Crippen LogP contribution in [-0.4, -0.2) is 21.4 Å². The summed E-state index contributed by atoms with van der Waals surface area (Å²) in [6.45, 7) is 8.08. The Morgan fingerprint density at radius 3 is 2.67 bits per heavy atom. The van der Waals surface area contributed by atoms with Gasteiger partial charge in [-0.25, -0.2) is 0 Å². The minimum Gasteiger partial charge on any atom is -0.460 e. The molecule has 0 aromatic carbocycles. The molecule has 1 rings (SSSR count). The van der Waals surface area contributed by atoms with Gasteiger partial charge in [0.05, 0.1) is 18.7 Å². The normalized spacial score (nSPS) is 11.5. The van der Waals surface area contributed by atoms with Crippen molar-refractivity contribution in [3.63, 3.8) is 0 Å². The van der Waals surface area contributed by atoms with Crippen molar-refractivity contribution in [2.45, 2.75) is 46.3 Å². The van der Waals surface area contributed by atoms with E-state index in [2.05, 4.69) is 5.10 Å². The number of aryl methyl sites for hydroxylation is 2. The van der Waals surface area contributed by atoms with Gasteiger partial charge in [-0.1, -0.05) is 0 Å². The van der Waals surface area contributed by atoms with Crippen molar-refractivity contribution in [3.05, 3.63) is 18.0 Å². The van der Waals surface area contributed by atoms with E-state index >= 15 is 0 Å². The number of carbonyl (C=O) groups is 1. The number of nitrogens with zero attached hydrogens (tertiary/aromatic N) is 2. The summed E-state index contributed by atoms with van der Waals surface area (Å²) in [6.07, 6.45) is 2.22. The maximum atomic E-state index is 11.4. The van der Waals surface area contributed by atoms with Crippen molar-refractivity contribution in [3.8, 4) is 0 Å². The monoisotopic (exact) mass is 210 g/mol. The van der Waals surface area contributed by atoms with Gasteiger partial charge in [-0.3, -0.25) is 9.48 Å². The maximum Gasteiger partial charge on any atom is 0.308 e. The lowest BCUT2D eigenvalue weighted by Gasteiger charge is -2.19. The Bertz CT molecular complexity index is 337. The van der Waals surface area contributed by atoms with Gasteiger partial charge in [-0.15, -0.1) is 0 Å². The second kappa shape index (κ2) is 4.47. The van der Waals surface area contributed by atoms with Gasteiger partial charge in [-0.2, -0.15) is 5.10 Å². The summed E-state index contributed by atoms with van der Waals surface area (Å²) in [6, 6.07) is 1.91. The van der Waals surface area contributed by atoms with Gasteiger partial charge >= 0.3 is 5.97 Å². The van der Waals surface area contributed by atoms with Gasteiger partial charge in [0.25, 0.3) is 0 Å². The Morgan fingerprint density at radius 2 is 2.20 bits per heavy atom. The molecule has 0 spiro atoms. The number of aromatic nitrogens is 2. The molecule has 84 valence electrons. The summed E-state index contributed by atoms with van der Waals surface area (Å²) in [4.78, 5) is 11.4. The van der Waals surface area contributed by atoms with Crippen LogP contribution in [0.25, 0.3) is 0 Å². The Morgan fingerprint density at radius 1 is 1.53 bits per heavy atom. The Balaban J connectivity index is 2.35. The molecule has 1 aromatic rings. The Labute approximate surface area is 90.2 Å². The first kappa shape index (κ1) is 11.8. The van der Waals surface area contributed by atoms with Crippen LogP contribution in [0.5, 0.6) is 0 Å². The molecular weight excluding hydrogens is 192 g/mol. The lowest BCUT2D eigenvalue weighted by Crippen LogP contribution is -2.24. The summed E-state index contributed by atoms with van der Waals surface area (Å²) in [7, 11) is 0. The quantitative estimate of drug-likeness (QED) is 0.716. The molecule has 0 bridgehead atoms. The fourth-order valence-corrected chi connectivity index (χ4v) is 1.19. The second-order valence-electron chi connectivity index (χ2n) is 4.56. The number of ether oxygens (including phenoxy) is 1. The largest absolute Gasteiger partial charge is 0.460 e. The lowest BCUT2D eigenvalue weighted by molar-refractivity contribution is -0.155. The fourth-order valence-electron chi connectivity index (χ4n) is 1.19. The van der Waals surface area contributed by atoms with E-state index in [9.17, 15) is 4.79 Å². The average Bonchev–Trinajstić information content (AvgIpc) is 2.45. The van der Waals surface area contributed by atoms with Crippen LogP contribution in [0.15, 0.2) is 12.3 Å². The van der Waals surface area contributed by atoms with E-state index in [0.29, 0.717) is 13.0 Å². The molecule has 0 radical (unpaired) electrons. The molecule has 1 heterocycles. The topological polar surface area (TPSA) is 44.1 Å². The summed E-state index contributed by atoms with van der Waals surface area (Å²) in [5.74, 6) is -0.185. The van der Waals surface area contributed by atoms with E-state index < -0.39 is 5.60 Å². The number of hydrogen-bond acceptors (Lipinski definition) is 3. The van der Waals surface area contributed by atoms with Crippen LogP contribution in [0.4, 0.5) is 0 Å². The van der Waals surface area contributed by atoms with E-state index in [1.165, 1.54) is 0 Å². The van der Waals surface area contributed by atoms with E-state index in [1.807, 2.05) is 40.0 Å². The van der Waals surface area contributed by atoms with Crippen LogP contribution in [-0.2, 0) is 16.1 Å². The summed E-state index contributed by atoms with van der Waals surface area (Å²) < 4.78 is 6.94. The zero-order valence-corrected chi connectivity index (χ0v) is 9.78. The third kappa shape index (κ3) is 4.63. The van der Waals surface area contributed by atoms with E-state index in [1.54, 1.807) is 4.68 Å². The first-order valence-electron chi connectivity index (χ1n) is 5.09. The Hall–Kier alpha value is -1.32. The van der Waals surface area contributed by atoms with Gasteiger partial charge in [0.1, 0.15) is 5.60 Å². The number of hydrogen-bond donors (Lipinski definition) is 0.